The van der Waals surface area contributed by atoms with Gasteiger partial charge in [0.15, 0.2) is 0 Å². The molecule has 0 atom stereocenters. The van der Waals surface area contributed by atoms with E-state index in [9.17, 15) is 4.79 Å². The molecule has 0 spiro atoms. The number of fused-ring (bicyclic) bond motifs is 1. The van der Waals surface area contributed by atoms with Gasteiger partial charge in [0.25, 0.3) is 5.91 Å². The number of amides is 1. The predicted molar refractivity (Wildman–Crippen MR) is 153 cm³/mol. The van der Waals surface area contributed by atoms with E-state index in [4.69, 9.17) is 16.6 Å². The number of nitrogens with one attached hydrogen (secondary N) is 2. The van der Waals surface area contributed by atoms with Crippen molar-refractivity contribution in [3.8, 4) is 10.6 Å². The maximum Gasteiger partial charge on any atom is 0.252 e. The second kappa shape index (κ2) is 11.3. The average molecular weight is 538 g/mol. The molecule has 0 radical (unpaired) electrons. The summed E-state index contributed by atoms with van der Waals surface area (Å²) in [5.41, 5.74) is 1.43. The van der Waals surface area contributed by atoms with Crippen LogP contribution in [0.4, 0.5) is 5.95 Å². The molecular formula is C29H36ClN5OS. The van der Waals surface area contributed by atoms with Gasteiger partial charge < -0.3 is 15.5 Å². The molecule has 2 saturated carbocycles. The highest BCUT2D eigenvalue weighted by Gasteiger charge is 2.27. The monoisotopic (exact) mass is 537 g/mol. The standard InChI is InChI=1S/C29H36ClN5OS/c30-24-18-32-29(31-14-4-5-19-12-15-35(16-13-19)21-6-1-2-7-21)34-27(24)26-17-23-22(8-3-9-25(23)37-26)28(36)33-20-10-11-20/h3,8-9,17-21H,1-2,4-7,10-16H2,(H,33,36)(H,31,32,34). The molecule has 37 heavy (non-hydrogen) atoms. The van der Waals surface area contributed by atoms with Crippen molar-refractivity contribution in [2.24, 2.45) is 5.92 Å². The van der Waals surface area contributed by atoms with Gasteiger partial charge in [-0.1, -0.05) is 30.5 Å². The number of piperidine rings is 1. The summed E-state index contributed by atoms with van der Waals surface area (Å²) in [7, 11) is 0. The van der Waals surface area contributed by atoms with E-state index in [2.05, 4.69) is 20.5 Å². The minimum Gasteiger partial charge on any atom is -0.354 e. The van der Waals surface area contributed by atoms with Crippen molar-refractivity contribution in [1.82, 2.24) is 20.2 Å². The minimum absolute atomic E-state index is 0.00204. The van der Waals surface area contributed by atoms with Gasteiger partial charge in [-0.15, -0.1) is 11.3 Å². The average Bonchev–Trinajstić information content (AvgIpc) is 3.38. The third-order valence-corrected chi connectivity index (χ3v) is 9.64. The number of thiophene rings is 1. The Hall–Kier alpha value is -2.22. The summed E-state index contributed by atoms with van der Waals surface area (Å²) in [5, 5.41) is 7.99. The number of aromatic nitrogens is 2. The van der Waals surface area contributed by atoms with Crippen LogP contribution in [0, 0.1) is 5.92 Å². The fraction of sp³-hybridized carbons (Fsp3) is 0.552. The van der Waals surface area contributed by atoms with Crippen LogP contribution in [-0.2, 0) is 0 Å². The highest BCUT2D eigenvalue weighted by molar-refractivity contribution is 7.22. The second-order valence-corrected chi connectivity index (χ2v) is 12.4. The summed E-state index contributed by atoms with van der Waals surface area (Å²) >= 11 is 8.14. The Labute approximate surface area is 228 Å². The van der Waals surface area contributed by atoms with Crippen LogP contribution in [0.5, 0.6) is 0 Å². The van der Waals surface area contributed by atoms with E-state index < -0.39 is 0 Å². The molecular weight excluding hydrogens is 502 g/mol. The van der Waals surface area contributed by atoms with E-state index in [1.165, 1.54) is 58.0 Å². The molecule has 0 unspecified atom stereocenters. The zero-order valence-electron chi connectivity index (χ0n) is 21.3. The van der Waals surface area contributed by atoms with Crippen molar-refractivity contribution < 1.29 is 4.79 Å². The first-order chi connectivity index (χ1) is 18.1. The Morgan fingerprint density at radius 2 is 1.92 bits per heavy atom. The van der Waals surface area contributed by atoms with Crippen LogP contribution in [0.15, 0.2) is 30.5 Å². The molecule has 6 nitrogen and oxygen atoms in total. The molecule has 3 heterocycles. The van der Waals surface area contributed by atoms with Crippen LogP contribution < -0.4 is 10.6 Å². The summed E-state index contributed by atoms with van der Waals surface area (Å²) < 4.78 is 1.06. The molecule has 2 aliphatic carbocycles. The van der Waals surface area contributed by atoms with Crippen LogP contribution in [0.3, 0.4) is 0 Å². The first-order valence-electron chi connectivity index (χ1n) is 14.0. The van der Waals surface area contributed by atoms with E-state index in [-0.39, 0.29) is 5.91 Å². The summed E-state index contributed by atoms with van der Waals surface area (Å²) in [5.74, 6) is 1.45. The summed E-state index contributed by atoms with van der Waals surface area (Å²) in [6.45, 7) is 3.43. The molecule has 1 amide bonds. The summed E-state index contributed by atoms with van der Waals surface area (Å²) in [6, 6.07) is 9.12. The van der Waals surface area contributed by atoms with Crippen LogP contribution in [0.25, 0.3) is 20.7 Å². The van der Waals surface area contributed by atoms with Gasteiger partial charge in [0.05, 0.1) is 16.1 Å². The number of likely N-dealkylation sites (tertiary alicyclic amines) is 1. The Bertz CT molecular complexity index is 1240. The third kappa shape index (κ3) is 5.94. The van der Waals surface area contributed by atoms with Gasteiger partial charge in [0, 0.05) is 34.3 Å². The fourth-order valence-electron chi connectivity index (χ4n) is 5.96. The normalized spacial score (nSPS) is 19.5. The van der Waals surface area contributed by atoms with Gasteiger partial charge in [-0.3, -0.25) is 4.79 Å². The van der Waals surface area contributed by atoms with Crippen LogP contribution >= 0.6 is 22.9 Å². The maximum absolute atomic E-state index is 12.7. The SMILES string of the molecule is O=C(NC1CC1)c1cccc2sc(-c3nc(NCCCC4CCN(C5CCCC5)CC4)ncc3Cl)cc12. The van der Waals surface area contributed by atoms with Crippen molar-refractivity contribution >= 4 is 44.9 Å². The minimum atomic E-state index is -0.00204. The molecule has 1 aliphatic heterocycles. The molecule has 3 fully saturated rings. The van der Waals surface area contributed by atoms with Crippen molar-refractivity contribution in [2.75, 3.05) is 25.0 Å². The Morgan fingerprint density at radius 1 is 1.11 bits per heavy atom. The smallest absolute Gasteiger partial charge is 0.252 e. The molecule has 2 aromatic heterocycles. The van der Waals surface area contributed by atoms with Crippen molar-refractivity contribution in [2.45, 2.75) is 76.3 Å². The molecule has 1 aromatic carbocycles. The van der Waals surface area contributed by atoms with Crippen molar-refractivity contribution in [3.05, 3.63) is 41.0 Å². The van der Waals surface area contributed by atoms with Crippen LogP contribution in [0.1, 0.15) is 74.6 Å². The summed E-state index contributed by atoms with van der Waals surface area (Å²) in [6.07, 6.45) is 14.5. The van der Waals surface area contributed by atoms with Crippen molar-refractivity contribution in [3.63, 3.8) is 0 Å². The maximum atomic E-state index is 12.7. The van der Waals surface area contributed by atoms with E-state index in [0.29, 0.717) is 28.3 Å². The molecule has 2 N–H and O–H groups in total. The van der Waals surface area contributed by atoms with Gasteiger partial charge in [-0.25, -0.2) is 9.97 Å². The number of hydrogen-bond donors (Lipinski definition) is 2. The predicted octanol–water partition coefficient (Wildman–Crippen LogP) is 6.75. The lowest BCUT2D eigenvalue weighted by atomic mass is 9.91. The molecule has 1 saturated heterocycles. The van der Waals surface area contributed by atoms with Crippen LogP contribution in [-0.4, -0.2) is 52.5 Å². The second-order valence-electron chi connectivity index (χ2n) is 11.0. The molecule has 3 aromatic rings. The highest BCUT2D eigenvalue weighted by Crippen LogP contribution is 2.38. The van der Waals surface area contributed by atoms with Gasteiger partial charge in [-0.05, 0) is 88.6 Å². The van der Waals surface area contributed by atoms with E-state index in [0.717, 1.165) is 52.7 Å². The highest BCUT2D eigenvalue weighted by atomic mass is 35.5. The lowest BCUT2D eigenvalue weighted by molar-refractivity contribution is 0.0952. The number of nitrogens with zero attached hydrogens (tertiary/aromatic N) is 3. The van der Waals surface area contributed by atoms with Crippen LogP contribution in [0.2, 0.25) is 5.02 Å². The van der Waals surface area contributed by atoms with E-state index in [1.807, 2.05) is 24.3 Å². The Morgan fingerprint density at radius 3 is 2.70 bits per heavy atom. The number of rotatable bonds is 9. The molecule has 196 valence electrons. The zero-order valence-corrected chi connectivity index (χ0v) is 22.9. The Kier molecular flexibility index (Phi) is 7.63. The molecule has 3 aliphatic rings. The molecule has 6 rings (SSSR count). The van der Waals surface area contributed by atoms with E-state index >= 15 is 0 Å². The number of hydrogen-bond acceptors (Lipinski definition) is 6. The molecule has 0 bridgehead atoms. The number of carbonyl (C=O) groups excluding carboxylic acids is 1. The first-order valence-corrected chi connectivity index (χ1v) is 15.2. The van der Waals surface area contributed by atoms with Gasteiger partial charge in [-0.2, -0.15) is 0 Å². The third-order valence-electron chi connectivity index (χ3n) is 8.26. The van der Waals surface area contributed by atoms with Crippen molar-refractivity contribution in [1.29, 1.82) is 0 Å². The zero-order chi connectivity index (χ0) is 25.2. The lowest BCUT2D eigenvalue weighted by Gasteiger charge is -2.36. The quantitative estimate of drug-likeness (QED) is 0.295. The first kappa shape index (κ1) is 25.1. The number of anilines is 1. The lowest BCUT2D eigenvalue weighted by Crippen LogP contribution is -2.40. The van der Waals surface area contributed by atoms with Gasteiger partial charge >= 0.3 is 0 Å². The van der Waals surface area contributed by atoms with Gasteiger partial charge in [0.1, 0.15) is 5.69 Å². The fourth-order valence-corrected chi connectivity index (χ4v) is 7.30. The van der Waals surface area contributed by atoms with E-state index in [1.54, 1.807) is 17.5 Å². The Balaban J connectivity index is 1.05. The number of benzene rings is 1. The summed E-state index contributed by atoms with van der Waals surface area (Å²) in [4.78, 5) is 25.6. The number of halogens is 1. The molecule has 8 heteroatoms. The topological polar surface area (TPSA) is 70.2 Å². The largest absolute Gasteiger partial charge is 0.354 e. The number of carbonyl (C=O) groups is 1. The van der Waals surface area contributed by atoms with Gasteiger partial charge in [0.2, 0.25) is 5.95 Å².